The van der Waals surface area contributed by atoms with Gasteiger partial charge in [0, 0.05) is 25.3 Å². The molecule has 0 saturated heterocycles. The van der Waals surface area contributed by atoms with Crippen LogP contribution in [0, 0.1) is 6.92 Å². The SMILES string of the molecule is CCN(Cc1ccccc1)c1ccc(CNC)c(C)c1. The molecular weight excluding hydrogens is 244 g/mol. The summed E-state index contributed by atoms with van der Waals surface area (Å²) in [7, 11) is 1.99. The van der Waals surface area contributed by atoms with Crippen molar-refractivity contribution in [3.63, 3.8) is 0 Å². The van der Waals surface area contributed by atoms with E-state index >= 15 is 0 Å². The maximum atomic E-state index is 3.21. The fourth-order valence-corrected chi connectivity index (χ4v) is 2.46. The van der Waals surface area contributed by atoms with Crippen LogP contribution in [0.15, 0.2) is 48.5 Å². The van der Waals surface area contributed by atoms with Gasteiger partial charge in [-0.05, 0) is 49.7 Å². The first-order valence-corrected chi connectivity index (χ1v) is 7.27. The van der Waals surface area contributed by atoms with Crippen molar-refractivity contribution in [2.24, 2.45) is 0 Å². The summed E-state index contributed by atoms with van der Waals surface area (Å²) in [5.74, 6) is 0. The molecule has 0 aliphatic heterocycles. The van der Waals surface area contributed by atoms with Gasteiger partial charge in [-0.1, -0.05) is 36.4 Å². The number of nitrogens with zero attached hydrogens (tertiary/aromatic N) is 1. The van der Waals surface area contributed by atoms with Gasteiger partial charge in [-0.25, -0.2) is 0 Å². The Hall–Kier alpha value is -1.80. The largest absolute Gasteiger partial charge is 0.367 e. The molecule has 20 heavy (non-hydrogen) atoms. The van der Waals surface area contributed by atoms with Crippen LogP contribution in [0.1, 0.15) is 23.6 Å². The highest BCUT2D eigenvalue weighted by molar-refractivity contribution is 5.51. The summed E-state index contributed by atoms with van der Waals surface area (Å²) in [4.78, 5) is 2.41. The van der Waals surface area contributed by atoms with E-state index in [4.69, 9.17) is 0 Å². The molecule has 0 bridgehead atoms. The minimum absolute atomic E-state index is 0.928. The number of hydrogen-bond donors (Lipinski definition) is 1. The van der Waals surface area contributed by atoms with Crippen molar-refractivity contribution < 1.29 is 0 Å². The Morgan fingerprint density at radius 2 is 1.80 bits per heavy atom. The minimum atomic E-state index is 0.928. The third-order valence-corrected chi connectivity index (χ3v) is 3.66. The van der Waals surface area contributed by atoms with Gasteiger partial charge >= 0.3 is 0 Å². The first kappa shape index (κ1) is 14.6. The van der Waals surface area contributed by atoms with Gasteiger partial charge in [0.15, 0.2) is 0 Å². The van der Waals surface area contributed by atoms with Crippen molar-refractivity contribution >= 4 is 5.69 Å². The van der Waals surface area contributed by atoms with Crippen molar-refractivity contribution in [1.82, 2.24) is 5.32 Å². The van der Waals surface area contributed by atoms with Gasteiger partial charge in [0.25, 0.3) is 0 Å². The predicted octanol–water partition coefficient (Wildman–Crippen LogP) is 3.74. The molecule has 0 radical (unpaired) electrons. The fraction of sp³-hybridized carbons (Fsp3) is 0.333. The van der Waals surface area contributed by atoms with Crippen LogP contribution in [0.2, 0.25) is 0 Å². The van der Waals surface area contributed by atoms with E-state index in [0.717, 1.165) is 19.6 Å². The Balaban J connectivity index is 2.17. The van der Waals surface area contributed by atoms with Crippen molar-refractivity contribution in [3.05, 3.63) is 65.2 Å². The van der Waals surface area contributed by atoms with Gasteiger partial charge in [0.1, 0.15) is 0 Å². The molecule has 2 nitrogen and oxygen atoms in total. The molecule has 0 spiro atoms. The summed E-state index contributed by atoms with van der Waals surface area (Å²) in [6.07, 6.45) is 0. The Morgan fingerprint density at radius 1 is 1.05 bits per heavy atom. The second-order valence-electron chi connectivity index (χ2n) is 5.14. The van der Waals surface area contributed by atoms with E-state index in [1.165, 1.54) is 22.4 Å². The molecule has 0 atom stereocenters. The van der Waals surface area contributed by atoms with Gasteiger partial charge in [-0.2, -0.15) is 0 Å². The molecule has 2 aromatic rings. The average Bonchev–Trinajstić information content (AvgIpc) is 2.48. The molecular formula is C18H24N2. The Labute approximate surface area is 122 Å². The zero-order valence-electron chi connectivity index (χ0n) is 12.7. The van der Waals surface area contributed by atoms with E-state index < -0.39 is 0 Å². The Morgan fingerprint density at radius 3 is 2.40 bits per heavy atom. The third-order valence-electron chi connectivity index (χ3n) is 3.66. The Bertz CT molecular complexity index is 534. The second kappa shape index (κ2) is 7.11. The van der Waals surface area contributed by atoms with E-state index in [1.54, 1.807) is 0 Å². The lowest BCUT2D eigenvalue weighted by molar-refractivity contribution is 0.806. The molecule has 0 saturated carbocycles. The number of rotatable bonds is 6. The second-order valence-corrected chi connectivity index (χ2v) is 5.14. The van der Waals surface area contributed by atoms with Crippen LogP contribution >= 0.6 is 0 Å². The normalized spacial score (nSPS) is 10.6. The fourth-order valence-electron chi connectivity index (χ4n) is 2.46. The maximum Gasteiger partial charge on any atom is 0.0429 e. The highest BCUT2D eigenvalue weighted by Crippen LogP contribution is 2.21. The smallest absolute Gasteiger partial charge is 0.0429 e. The van der Waals surface area contributed by atoms with Gasteiger partial charge in [0.2, 0.25) is 0 Å². The molecule has 2 heteroatoms. The van der Waals surface area contributed by atoms with Gasteiger partial charge in [-0.15, -0.1) is 0 Å². The molecule has 0 amide bonds. The highest BCUT2D eigenvalue weighted by Gasteiger charge is 2.07. The van der Waals surface area contributed by atoms with Gasteiger partial charge in [0.05, 0.1) is 0 Å². The number of hydrogen-bond acceptors (Lipinski definition) is 2. The summed E-state index contributed by atoms with van der Waals surface area (Å²) in [6.45, 7) is 7.30. The molecule has 0 aromatic heterocycles. The maximum absolute atomic E-state index is 3.21. The van der Waals surface area contributed by atoms with Crippen molar-refractivity contribution in [3.8, 4) is 0 Å². The molecule has 0 unspecified atom stereocenters. The molecule has 106 valence electrons. The number of benzene rings is 2. The van der Waals surface area contributed by atoms with Crippen LogP contribution in [0.5, 0.6) is 0 Å². The average molecular weight is 268 g/mol. The van der Waals surface area contributed by atoms with E-state index in [0.29, 0.717) is 0 Å². The van der Waals surface area contributed by atoms with Gasteiger partial charge < -0.3 is 10.2 Å². The monoisotopic (exact) mass is 268 g/mol. The van der Waals surface area contributed by atoms with Crippen LogP contribution in [-0.4, -0.2) is 13.6 Å². The molecule has 0 heterocycles. The van der Waals surface area contributed by atoms with Gasteiger partial charge in [-0.3, -0.25) is 0 Å². The summed E-state index contributed by atoms with van der Waals surface area (Å²) in [5.41, 5.74) is 5.37. The molecule has 0 aliphatic rings. The van der Waals surface area contributed by atoms with Crippen molar-refractivity contribution in [2.45, 2.75) is 26.9 Å². The van der Waals surface area contributed by atoms with E-state index in [2.05, 4.69) is 72.6 Å². The van der Waals surface area contributed by atoms with Crippen LogP contribution < -0.4 is 10.2 Å². The van der Waals surface area contributed by atoms with Crippen LogP contribution in [0.3, 0.4) is 0 Å². The van der Waals surface area contributed by atoms with Crippen molar-refractivity contribution in [1.29, 1.82) is 0 Å². The number of nitrogens with one attached hydrogen (secondary N) is 1. The van der Waals surface area contributed by atoms with Crippen LogP contribution in [0.25, 0.3) is 0 Å². The zero-order chi connectivity index (χ0) is 14.4. The summed E-state index contributed by atoms with van der Waals surface area (Å²) in [5, 5.41) is 3.21. The number of aryl methyl sites for hydroxylation is 1. The molecule has 0 fully saturated rings. The van der Waals surface area contributed by atoms with Crippen LogP contribution in [-0.2, 0) is 13.1 Å². The van der Waals surface area contributed by atoms with E-state index in [-0.39, 0.29) is 0 Å². The lowest BCUT2D eigenvalue weighted by atomic mass is 10.1. The van der Waals surface area contributed by atoms with E-state index in [1.807, 2.05) is 7.05 Å². The third kappa shape index (κ3) is 3.61. The predicted molar refractivity (Wildman–Crippen MR) is 87.1 cm³/mol. The minimum Gasteiger partial charge on any atom is -0.367 e. The van der Waals surface area contributed by atoms with Crippen LogP contribution in [0.4, 0.5) is 5.69 Å². The first-order valence-electron chi connectivity index (χ1n) is 7.27. The Kier molecular flexibility index (Phi) is 5.19. The standard InChI is InChI=1S/C18H24N2/c1-4-20(14-16-8-6-5-7-9-16)18-11-10-17(13-19-3)15(2)12-18/h5-12,19H,4,13-14H2,1-3H3. The lowest BCUT2D eigenvalue weighted by Gasteiger charge is -2.24. The topological polar surface area (TPSA) is 15.3 Å². The molecule has 2 rings (SSSR count). The molecule has 0 aliphatic carbocycles. The highest BCUT2D eigenvalue weighted by atomic mass is 15.1. The molecule has 1 N–H and O–H groups in total. The lowest BCUT2D eigenvalue weighted by Crippen LogP contribution is -2.22. The first-order chi connectivity index (χ1) is 9.74. The van der Waals surface area contributed by atoms with E-state index in [9.17, 15) is 0 Å². The summed E-state index contributed by atoms with van der Waals surface area (Å²) >= 11 is 0. The summed E-state index contributed by atoms with van der Waals surface area (Å²) in [6, 6.07) is 17.4. The molecule has 2 aromatic carbocycles. The van der Waals surface area contributed by atoms with Crippen molar-refractivity contribution in [2.75, 3.05) is 18.5 Å². The summed E-state index contributed by atoms with van der Waals surface area (Å²) < 4.78 is 0. The number of anilines is 1. The zero-order valence-corrected chi connectivity index (χ0v) is 12.7. The quantitative estimate of drug-likeness (QED) is 0.858.